The monoisotopic (exact) mass is 268 g/mol. The third-order valence-corrected chi connectivity index (χ3v) is 3.82. The van der Waals surface area contributed by atoms with Gasteiger partial charge in [-0.15, -0.1) is 0 Å². The molecule has 2 saturated heterocycles. The summed E-state index contributed by atoms with van der Waals surface area (Å²) in [5, 5.41) is 5.79. The van der Waals surface area contributed by atoms with Crippen LogP contribution in [-0.4, -0.2) is 65.9 Å². The molecule has 0 bridgehead atoms. The number of hydrogen-bond acceptors (Lipinski definition) is 4. The smallest absolute Gasteiger partial charge is 0.325 e. The van der Waals surface area contributed by atoms with E-state index in [9.17, 15) is 14.4 Å². The number of carbonyl (C=O) groups is 3. The molecule has 0 aromatic heterocycles. The molecule has 2 heterocycles. The van der Waals surface area contributed by atoms with Crippen molar-refractivity contribution >= 4 is 17.8 Å². The standard InChI is InChI=1S/C12H20N4O3/c1-3-12(2)10(18)16(11(19)14-12)8-9(17)15-6-4-13-5-7-15/h13H,3-8H2,1-2H3,(H,14,19). The van der Waals surface area contributed by atoms with Gasteiger partial charge < -0.3 is 15.5 Å². The number of nitrogens with one attached hydrogen (secondary N) is 2. The van der Waals surface area contributed by atoms with E-state index in [2.05, 4.69) is 10.6 Å². The maximum absolute atomic E-state index is 12.1. The maximum Gasteiger partial charge on any atom is 0.325 e. The van der Waals surface area contributed by atoms with Crippen LogP contribution in [-0.2, 0) is 9.59 Å². The largest absolute Gasteiger partial charge is 0.339 e. The second-order valence-electron chi connectivity index (χ2n) is 5.14. The van der Waals surface area contributed by atoms with E-state index < -0.39 is 11.6 Å². The zero-order valence-electron chi connectivity index (χ0n) is 11.4. The molecule has 7 nitrogen and oxygen atoms in total. The zero-order valence-corrected chi connectivity index (χ0v) is 11.4. The van der Waals surface area contributed by atoms with E-state index in [0.717, 1.165) is 18.0 Å². The number of piperazine rings is 1. The van der Waals surface area contributed by atoms with Crippen molar-refractivity contribution in [1.82, 2.24) is 20.4 Å². The molecule has 0 spiro atoms. The van der Waals surface area contributed by atoms with Crippen LogP contribution in [0, 0.1) is 0 Å². The van der Waals surface area contributed by atoms with Crippen molar-refractivity contribution in [3.05, 3.63) is 0 Å². The van der Waals surface area contributed by atoms with Crippen LogP contribution >= 0.6 is 0 Å². The summed E-state index contributed by atoms with van der Waals surface area (Å²) in [4.78, 5) is 38.7. The van der Waals surface area contributed by atoms with Crippen LogP contribution in [0.3, 0.4) is 0 Å². The molecule has 1 atom stereocenters. The summed E-state index contributed by atoms with van der Waals surface area (Å²) in [6, 6.07) is -0.474. The van der Waals surface area contributed by atoms with Gasteiger partial charge in [0.05, 0.1) is 0 Å². The fourth-order valence-corrected chi connectivity index (χ4v) is 2.28. The summed E-state index contributed by atoms with van der Waals surface area (Å²) in [5.41, 5.74) is -0.874. The molecule has 106 valence electrons. The Morgan fingerprint density at radius 1 is 1.32 bits per heavy atom. The van der Waals surface area contributed by atoms with Crippen molar-refractivity contribution in [3.63, 3.8) is 0 Å². The third kappa shape index (κ3) is 2.56. The van der Waals surface area contributed by atoms with Gasteiger partial charge in [-0.25, -0.2) is 4.79 Å². The second-order valence-corrected chi connectivity index (χ2v) is 5.14. The van der Waals surface area contributed by atoms with Crippen LogP contribution in [0.25, 0.3) is 0 Å². The molecule has 2 aliphatic rings. The highest BCUT2D eigenvalue weighted by atomic mass is 16.2. The lowest BCUT2D eigenvalue weighted by molar-refractivity contribution is -0.139. The van der Waals surface area contributed by atoms with E-state index in [1.54, 1.807) is 11.8 Å². The first-order valence-electron chi connectivity index (χ1n) is 6.60. The molecule has 0 aromatic rings. The van der Waals surface area contributed by atoms with E-state index in [-0.39, 0.29) is 18.4 Å². The quantitative estimate of drug-likeness (QED) is 0.653. The van der Waals surface area contributed by atoms with Crippen LogP contribution in [0.1, 0.15) is 20.3 Å². The third-order valence-electron chi connectivity index (χ3n) is 3.82. The van der Waals surface area contributed by atoms with E-state index in [1.165, 1.54) is 0 Å². The molecular formula is C12H20N4O3. The lowest BCUT2D eigenvalue weighted by Gasteiger charge is -2.28. The van der Waals surface area contributed by atoms with Gasteiger partial charge in [0.2, 0.25) is 5.91 Å². The Balaban J connectivity index is 2.00. The molecular weight excluding hydrogens is 248 g/mol. The summed E-state index contributed by atoms with van der Waals surface area (Å²) in [7, 11) is 0. The first-order chi connectivity index (χ1) is 8.98. The Morgan fingerprint density at radius 2 is 1.95 bits per heavy atom. The lowest BCUT2D eigenvalue weighted by Crippen LogP contribution is -2.51. The minimum atomic E-state index is -0.874. The van der Waals surface area contributed by atoms with Crippen molar-refractivity contribution in [2.24, 2.45) is 0 Å². The van der Waals surface area contributed by atoms with Crippen LogP contribution in [0.2, 0.25) is 0 Å². The van der Waals surface area contributed by atoms with Gasteiger partial charge in [-0.2, -0.15) is 0 Å². The van der Waals surface area contributed by atoms with Gasteiger partial charge in [0, 0.05) is 26.2 Å². The van der Waals surface area contributed by atoms with Crippen LogP contribution in [0.5, 0.6) is 0 Å². The highest BCUT2D eigenvalue weighted by Gasteiger charge is 2.47. The maximum atomic E-state index is 12.1. The van der Waals surface area contributed by atoms with Crippen molar-refractivity contribution < 1.29 is 14.4 Å². The number of rotatable bonds is 3. The summed E-state index contributed by atoms with van der Waals surface area (Å²) < 4.78 is 0. The molecule has 1 unspecified atom stereocenters. The molecule has 2 N–H and O–H groups in total. The van der Waals surface area contributed by atoms with Gasteiger partial charge in [-0.3, -0.25) is 14.5 Å². The van der Waals surface area contributed by atoms with Gasteiger partial charge in [0.25, 0.3) is 5.91 Å². The van der Waals surface area contributed by atoms with Crippen molar-refractivity contribution in [2.45, 2.75) is 25.8 Å². The van der Waals surface area contributed by atoms with Crippen LogP contribution < -0.4 is 10.6 Å². The molecule has 0 saturated carbocycles. The summed E-state index contributed by atoms with van der Waals surface area (Å²) in [6.45, 7) is 6.08. The topological polar surface area (TPSA) is 81.8 Å². The van der Waals surface area contributed by atoms with E-state index in [4.69, 9.17) is 0 Å². The van der Waals surface area contributed by atoms with Crippen molar-refractivity contribution in [1.29, 1.82) is 0 Å². The fourth-order valence-electron chi connectivity index (χ4n) is 2.28. The SMILES string of the molecule is CCC1(C)NC(=O)N(CC(=O)N2CCNCC2)C1=O. The first kappa shape index (κ1) is 13.8. The first-order valence-corrected chi connectivity index (χ1v) is 6.60. The number of nitrogens with zero attached hydrogens (tertiary/aromatic N) is 2. The average Bonchev–Trinajstić information content (AvgIpc) is 2.64. The Bertz CT molecular complexity index is 406. The van der Waals surface area contributed by atoms with Crippen LogP contribution in [0.15, 0.2) is 0 Å². The minimum Gasteiger partial charge on any atom is -0.339 e. The number of hydrogen-bond donors (Lipinski definition) is 2. The molecule has 2 fully saturated rings. The zero-order chi connectivity index (χ0) is 14.0. The van der Waals surface area contributed by atoms with E-state index in [1.807, 2.05) is 6.92 Å². The van der Waals surface area contributed by atoms with Gasteiger partial charge in [-0.05, 0) is 13.3 Å². The molecule has 4 amide bonds. The lowest BCUT2D eigenvalue weighted by atomic mass is 9.99. The van der Waals surface area contributed by atoms with Crippen LogP contribution in [0.4, 0.5) is 4.79 Å². The van der Waals surface area contributed by atoms with Gasteiger partial charge >= 0.3 is 6.03 Å². The summed E-state index contributed by atoms with van der Waals surface area (Å²) in [6.07, 6.45) is 0.510. The Hall–Kier alpha value is -1.63. The normalized spacial score (nSPS) is 27.7. The van der Waals surface area contributed by atoms with Gasteiger partial charge in [-0.1, -0.05) is 6.92 Å². The Morgan fingerprint density at radius 3 is 2.47 bits per heavy atom. The second kappa shape index (κ2) is 5.16. The number of imide groups is 1. The highest BCUT2D eigenvalue weighted by molar-refractivity contribution is 6.08. The number of amides is 4. The minimum absolute atomic E-state index is 0.166. The number of carbonyl (C=O) groups excluding carboxylic acids is 3. The predicted molar refractivity (Wildman–Crippen MR) is 68.4 cm³/mol. The van der Waals surface area contributed by atoms with Crippen molar-refractivity contribution in [2.75, 3.05) is 32.7 Å². The molecule has 0 radical (unpaired) electrons. The molecule has 0 aliphatic carbocycles. The molecule has 2 rings (SSSR count). The molecule has 7 heteroatoms. The highest BCUT2D eigenvalue weighted by Crippen LogP contribution is 2.20. The predicted octanol–water partition coefficient (Wildman–Crippen LogP) is -0.861. The van der Waals surface area contributed by atoms with E-state index >= 15 is 0 Å². The number of urea groups is 1. The van der Waals surface area contributed by atoms with E-state index in [0.29, 0.717) is 19.5 Å². The summed E-state index contributed by atoms with van der Waals surface area (Å²) >= 11 is 0. The molecule has 0 aromatic carbocycles. The Labute approximate surface area is 112 Å². The summed E-state index contributed by atoms with van der Waals surface area (Å²) in [5.74, 6) is -0.492. The fraction of sp³-hybridized carbons (Fsp3) is 0.750. The van der Waals surface area contributed by atoms with Gasteiger partial charge in [0.1, 0.15) is 12.1 Å². The average molecular weight is 268 g/mol. The molecule has 19 heavy (non-hydrogen) atoms. The molecule has 2 aliphatic heterocycles. The Kier molecular flexibility index (Phi) is 3.75. The van der Waals surface area contributed by atoms with Crippen molar-refractivity contribution in [3.8, 4) is 0 Å². The van der Waals surface area contributed by atoms with Gasteiger partial charge in [0.15, 0.2) is 0 Å².